The number of benzene rings is 10. The molecule has 0 fully saturated rings. The second kappa shape index (κ2) is 13.1. The summed E-state index contributed by atoms with van der Waals surface area (Å²) in [5.74, 6) is 0. The summed E-state index contributed by atoms with van der Waals surface area (Å²) in [7, 11) is 0. The SMILES string of the molecule is CC1(C)c2ccccc2-c2ccc(N(c3ccccc3-c3ccc4oc5ccccc5c4c3)c3ccc4oc5ccccc5c4c3-c3cc4ccccc4c4ccccc34)cc21. The first-order valence-corrected chi connectivity index (χ1v) is 21.4. The highest BCUT2D eigenvalue weighted by Gasteiger charge is 2.36. The van der Waals surface area contributed by atoms with E-state index in [0.717, 1.165) is 83.2 Å². The molecule has 0 unspecified atom stereocenters. The van der Waals surface area contributed by atoms with E-state index in [9.17, 15) is 0 Å². The molecule has 0 bridgehead atoms. The van der Waals surface area contributed by atoms with Gasteiger partial charge in [0.05, 0.1) is 11.4 Å². The summed E-state index contributed by atoms with van der Waals surface area (Å²) >= 11 is 0. The number of fused-ring (bicyclic) bond motifs is 12. The Morgan fingerprint density at radius 3 is 1.84 bits per heavy atom. The molecule has 0 radical (unpaired) electrons. The van der Waals surface area contributed by atoms with Gasteiger partial charge in [0.1, 0.15) is 22.3 Å². The summed E-state index contributed by atoms with van der Waals surface area (Å²) in [6.45, 7) is 4.72. The second-order valence-corrected chi connectivity index (χ2v) is 17.2. The molecule has 292 valence electrons. The molecule has 3 nitrogen and oxygen atoms in total. The molecule has 2 aromatic heterocycles. The van der Waals surface area contributed by atoms with Gasteiger partial charge in [-0.05, 0) is 116 Å². The van der Waals surface area contributed by atoms with Crippen LogP contribution in [0.4, 0.5) is 17.1 Å². The van der Waals surface area contributed by atoms with Crippen LogP contribution in [0.15, 0.2) is 209 Å². The lowest BCUT2D eigenvalue weighted by molar-refractivity contribution is 0.660. The third-order valence-electron chi connectivity index (χ3n) is 13.5. The van der Waals surface area contributed by atoms with Crippen molar-refractivity contribution in [3.8, 4) is 33.4 Å². The van der Waals surface area contributed by atoms with E-state index in [0.29, 0.717) is 0 Å². The Kier molecular flexibility index (Phi) is 7.36. The zero-order valence-electron chi connectivity index (χ0n) is 34.3. The van der Waals surface area contributed by atoms with Crippen molar-refractivity contribution in [2.75, 3.05) is 4.90 Å². The maximum Gasteiger partial charge on any atom is 0.136 e. The van der Waals surface area contributed by atoms with Gasteiger partial charge in [-0.2, -0.15) is 0 Å². The van der Waals surface area contributed by atoms with Gasteiger partial charge in [-0.1, -0.05) is 153 Å². The van der Waals surface area contributed by atoms with Crippen molar-refractivity contribution in [2.45, 2.75) is 19.3 Å². The zero-order chi connectivity index (χ0) is 41.1. The predicted molar refractivity (Wildman–Crippen MR) is 259 cm³/mol. The third kappa shape index (κ3) is 5.00. The molecule has 62 heavy (non-hydrogen) atoms. The minimum atomic E-state index is -0.192. The number of hydrogen-bond donors (Lipinski definition) is 0. The first-order chi connectivity index (χ1) is 30.5. The Morgan fingerprint density at radius 2 is 0.984 bits per heavy atom. The van der Waals surface area contributed by atoms with Gasteiger partial charge in [0.15, 0.2) is 0 Å². The number of anilines is 3. The summed E-state index contributed by atoms with van der Waals surface area (Å²) in [6, 6.07) is 72.7. The molecule has 0 spiro atoms. The molecule has 0 atom stereocenters. The fourth-order valence-corrected chi connectivity index (χ4v) is 10.6. The van der Waals surface area contributed by atoms with Crippen molar-refractivity contribution in [1.29, 1.82) is 0 Å². The standard InChI is InChI=1S/C59H39NO2/c1-59(2)49-23-11-7-20-43(49)44-29-28-38(35-50(44)59)60(51-24-12-8-17-40(51)37-27-31-55-47(33-37)45-21-9-13-25-53(45)61-55)52-30-32-56-58(46-22-10-14-26-54(46)62-56)57(52)48-34-36-15-3-4-16-39(36)41-18-5-6-19-42(41)48/h3-35H,1-2H3. The van der Waals surface area contributed by atoms with Gasteiger partial charge < -0.3 is 13.7 Å². The Morgan fingerprint density at radius 1 is 0.371 bits per heavy atom. The third-order valence-corrected chi connectivity index (χ3v) is 13.5. The molecule has 2 heterocycles. The summed E-state index contributed by atoms with van der Waals surface area (Å²) in [5.41, 5.74) is 16.3. The zero-order valence-corrected chi connectivity index (χ0v) is 34.3. The van der Waals surface area contributed by atoms with E-state index in [4.69, 9.17) is 8.83 Å². The molecule has 0 amide bonds. The van der Waals surface area contributed by atoms with Crippen LogP contribution in [0.3, 0.4) is 0 Å². The average molecular weight is 794 g/mol. The second-order valence-electron chi connectivity index (χ2n) is 17.2. The largest absolute Gasteiger partial charge is 0.456 e. The van der Waals surface area contributed by atoms with Gasteiger partial charge in [0.2, 0.25) is 0 Å². The fourth-order valence-electron chi connectivity index (χ4n) is 10.6. The van der Waals surface area contributed by atoms with Gasteiger partial charge in [-0.3, -0.25) is 0 Å². The Balaban J connectivity index is 1.16. The highest BCUT2D eigenvalue weighted by molar-refractivity contribution is 6.23. The van der Waals surface area contributed by atoms with Crippen molar-refractivity contribution in [3.05, 3.63) is 211 Å². The number of hydrogen-bond acceptors (Lipinski definition) is 3. The normalized spacial score (nSPS) is 13.1. The first-order valence-electron chi connectivity index (χ1n) is 21.4. The van der Waals surface area contributed by atoms with E-state index in [-0.39, 0.29) is 5.41 Å². The Bertz CT molecular complexity index is 3810. The van der Waals surface area contributed by atoms with Crippen molar-refractivity contribution in [3.63, 3.8) is 0 Å². The van der Waals surface area contributed by atoms with Crippen LogP contribution in [0, 0.1) is 0 Å². The van der Waals surface area contributed by atoms with Crippen LogP contribution in [0.25, 0.3) is 98.8 Å². The maximum atomic E-state index is 6.72. The van der Waals surface area contributed by atoms with E-state index < -0.39 is 0 Å². The maximum absolute atomic E-state index is 6.72. The van der Waals surface area contributed by atoms with Crippen LogP contribution in [0.2, 0.25) is 0 Å². The van der Waals surface area contributed by atoms with Crippen LogP contribution in [0.1, 0.15) is 25.0 Å². The number of para-hydroxylation sites is 3. The lowest BCUT2D eigenvalue weighted by Crippen LogP contribution is -2.17. The van der Waals surface area contributed by atoms with E-state index in [2.05, 4.69) is 207 Å². The van der Waals surface area contributed by atoms with E-state index in [1.165, 1.54) is 43.8 Å². The number of rotatable bonds is 5. The molecular weight excluding hydrogens is 755 g/mol. The number of nitrogens with zero attached hydrogens (tertiary/aromatic N) is 1. The average Bonchev–Trinajstić information content (AvgIpc) is 3.96. The quantitative estimate of drug-likeness (QED) is 0.163. The van der Waals surface area contributed by atoms with Gasteiger partial charge in [-0.15, -0.1) is 0 Å². The highest BCUT2D eigenvalue weighted by atomic mass is 16.3. The van der Waals surface area contributed by atoms with Crippen molar-refractivity contribution in [2.24, 2.45) is 0 Å². The molecule has 10 aromatic carbocycles. The molecule has 0 N–H and O–H groups in total. The molecule has 0 aliphatic heterocycles. The molecule has 0 saturated heterocycles. The molecule has 13 rings (SSSR count). The van der Waals surface area contributed by atoms with Crippen LogP contribution in [-0.2, 0) is 5.41 Å². The summed E-state index contributed by atoms with van der Waals surface area (Å²) in [6.07, 6.45) is 0. The monoisotopic (exact) mass is 793 g/mol. The minimum absolute atomic E-state index is 0.192. The van der Waals surface area contributed by atoms with Crippen LogP contribution in [0.5, 0.6) is 0 Å². The van der Waals surface area contributed by atoms with Crippen LogP contribution in [-0.4, -0.2) is 0 Å². The van der Waals surface area contributed by atoms with Crippen LogP contribution >= 0.6 is 0 Å². The topological polar surface area (TPSA) is 29.5 Å². The number of furan rings is 2. The van der Waals surface area contributed by atoms with Crippen LogP contribution < -0.4 is 4.90 Å². The summed E-state index contributed by atoms with van der Waals surface area (Å²) in [5, 5.41) is 9.26. The van der Waals surface area contributed by atoms with Crippen molar-refractivity contribution < 1.29 is 8.83 Å². The lowest BCUT2D eigenvalue weighted by atomic mass is 9.82. The Labute approximate surface area is 358 Å². The van der Waals surface area contributed by atoms with E-state index in [1.807, 2.05) is 12.1 Å². The lowest BCUT2D eigenvalue weighted by Gasteiger charge is -2.32. The predicted octanol–water partition coefficient (Wildman–Crippen LogP) is 16.9. The van der Waals surface area contributed by atoms with E-state index in [1.54, 1.807) is 0 Å². The molecule has 0 saturated carbocycles. The van der Waals surface area contributed by atoms with E-state index >= 15 is 0 Å². The molecule has 12 aromatic rings. The van der Waals surface area contributed by atoms with Gasteiger partial charge in [-0.25, -0.2) is 0 Å². The van der Waals surface area contributed by atoms with Gasteiger partial charge >= 0.3 is 0 Å². The molecule has 1 aliphatic carbocycles. The summed E-state index contributed by atoms with van der Waals surface area (Å²) in [4.78, 5) is 2.51. The minimum Gasteiger partial charge on any atom is -0.456 e. The highest BCUT2D eigenvalue weighted by Crippen LogP contribution is 2.54. The van der Waals surface area contributed by atoms with Gasteiger partial charge in [0.25, 0.3) is 0 Å². The fraction of sp³-hybridized carbons (Fsp3) is 0.0508. The van der Waals surface area contributed by atoms with Crippen molar-refractivity contribution >= 4 is 82.5 Å². The first kappa shape index (κ1) is 34.9. The molecule has 1 aliphatic rings. The Hall–Kier alpha value is -7.88. The van der Waals surface area contributed by atoms with Crippen molar-refractivity contribution in [1.82, 2.24) is 0 Å². The summed E-state index contributed by atoms with van der Waals surface area (Å²) < 4.78 is 13.0. The van der Waals surface area contributed by atoms with Gasteiger partial charge in [0, 0.05) is 43.8 Å². The molecule has 3 heteroatoms. The smallest absolute Gasteiger partial charge is 0.136 e. The molecular formula is C59H39NO2.